The molecular weight excluding hydrogens is 250 g/mol. The van der Waals surface area contributed by atoms with E-state index in [4.69, 9.17) is 9.47 Å². The standard InChI is InChI=1S/C13H19NO3S/c1-8(2)18-13-7-12(17-5)11(16-4)6-10(13)14-9(3)15/h6-8H,1-5H3,(H,14,15). The molecule has 0 fully saturated rings. The zero-order valence-corrected chi connectivity index (χ0v) is 12.2. The van der Waals surface area contributed by atoms with Gasteiger partial charge in [-0.15, -0.1) is 11.8 Å². The molecule has 1 amide bonds. The fourth-order valence-electron chi connectivity index (χ4n) is 1.50. The van der Waals surface area contributed by atoms with Crippen LogP contribution in [0.1, 0.15) is 20.8 Å². The number of thioether (sulfide) groups is 1. The minimum Gasteiger partial charge on any atom is -0.493 e. The molecule has 0 aromatic heterocycles. The van der Waals surface area contributed by atoms with Crippen molar-refractivity contribution in [1.82, 2.24) is 0 Å². The highest BCUT2D eigenvalue weighted by Gasteiger charge is 2.13. The molecule has 100 valence electrons. The van der Waals surface area contributed by atoms with Crippen LogP contribution in [0.25, 0.3) is 0 Å². The molecule has 0 aliphatic rings. The van der Waals surface area contributed by atoms with Crippen LogP contribution in [0, 0.1) is 0 Å². The molecule has 0 aliphatic carbocycles. The Labute approximate surface area is 112 Å². The van der Waals surface area contributed by atoms with Crippen molar-refractivity contribution in [2.45, 2.75) is 30.9 Å². The lowest BCUT2D eigenvalue weighted by Crippen LogP contribution is -2.08. The molecule has 0 radical (unpaired) electrons. The number of hydrogen-bond donors (Lipinski definition) is 1. The van der Waals surface area contributed by atoms with E-state index in [1.165, 1.54) is 6.92 Å². The van der Waals surface area contributed by atoms with E-state index in [2.05, 4.69) is 19.2 Å². The van der Waals surface area contributed by atoms with Crippen molar-refractivity contribution in [2.24, 2.45) is 0 Å². The largest absolute Gasteiger partial charge is 0.493 e. The van der Waals surface area contributed by atoms with Gasteiger partial charge in [-0.1, -0.05) is 13.8 Å². The SMILES string of the molecule is COc1cc(NC(C)=O)c(SC(C)C)cc1OC. The van der Waals surface area contributed by atoms with Crippen LogP contribution in [0.2, 0.25) is 0 Å². The van der Waals surface area contributed by atoms with Gasteiger partial charge in [0.2, 0.25) is 5.91 Å². The topological polar surface area (TPSA) is 47.6 Å². The first-order chi connectivity index (χ1) is 8.47. The second-order valence-electron chi connectivity index (χ2n) is 4.05. The minimum atomic E-state index is -0.104. The molecule has 1 rings (SSSR count). The molecule has 0 bridgehead atoms. The van der Waals surface area contributed by atoms with Crippen molar-refractivity contribution in [3.8, 4) is 11.5 Å². The van der Waals surface area contributed by atoms with Gasteiger partial charge in [-0.3, -0.25) is 4.79 Å². The summed E-state index contributed by atoms with van der Waals surface area (Å²) in [7, 11) is 3.17. The molecule has 0 unspecified atom stereocenters. The monoisotopic (exact) mass is 269 g/mol. The van der Waals surface area contributed by atoms with Gasteiger partial charge in [-0.2, -0.15) is 0 Å². The van der Waals surface area contributed by atoms with Crippen LogP contribution in [0.5, 0.6) is 11.5 Å². The van der Waals surface area contributed by atoms with Gasteiger partial charge < -0.3 is 14.8 Å². The lowest BCUT2D eigenvalue weighted by Gasteiger charge is -2.16. The molecule has 0 saturated carbocycles. The molecule has 5 heteroatoms. The molecule has 18 heavy (non-hydrogen) atoms. The van der Waals surface area contributed by atoms with E-state index in [0.29, 0.717) is 16.7 Å². The summed E-state index contributed by atoms with van der Waals surface area (Å²) >= 11 is 1.67. The summed E-state index contributed by atoms with van der Waals surface area (Å²) in [6.07, 6.45) is 0. The van der Waals surface area contributed by atoms with E-state index in [9.17, 15) is 4.79 Å². The molecule has 4 nitrogen and oxygen atoms in total. The first-order valence-corrected chi connectivity index (χ1v) is 6.56. The molecule has 1 N–H and O–H groups in total. The number of nitrogens with one attached hydrogen (secondary N) is 1. The van der Waals surface area contributed by atoms with Crippen molar-refractivity contribution in [3.05, 3.63) is 12.1 Å². The molecular formula is C13H19NO3S. The summed E-state index contributed by atoms with van der Waals surface area (Å²) in [6, 6.07) is 3.67. The van der Waals surface area contributed by atoms with Crippen LogP contribution in [0.3, 0.4) is 0 Å². The van der Waals surface area contributed by atoms with Crippen LogP contribution in [0.15, 0.2) is 17.0 Å². The average molecular weight is 269 g/mol. The molecule has 0 spiro atoms. The molecule has 0 aliphatic heterocycles. The third-order valence-corrected chi connectivity index (χ3v) is 3.22. The third-order valence-electron chi connectivity index (χ3n) is 2.16. The van der Waals surface area contributed by atoms with Crippen molar-refractivity contribution < 1.29 is 14.3 Å². The number of methoxy groups -OCH3 is 2. The van der Waals surface area contributed by atoms with Crippen molar-refractivity contribution in [3.63, 3.8) is 0 Å². The average Bonchev–Trinajstić information content (AvgIpc) is 2.29. The van der Waals surface area contributed by atoms with Gasteiger partial charge in [-0.25, -0.2) is 0 Å². The Kier molecular flexibility index (Phi) is 5.34. The lowest BCUT2D eigenvalue weighted by atomic mass is 10.2. The highest BCUT2D eigenvalue weighted by Crippen LogP contribution is 2.39. The predicted octanol–water partition coefficient (Wildman–Crippen LogP) is 3.16. The summed E-state index contributed by atoms with van der Waals surface area (Å²) in [5, 5.41) is 3.22. The van der Waals surface area contributed by atoms with Crippen molar-refractivity contribution in [2.75, 3.05) is 19.5 Å². The van der Waals surface area contributed by atoms with Crippen LogP contribution in [-0.4, -0.2) is 25.4 Å². The maximum absolute atomic E-state index is 11.2. The van der Waals surface area contributed by atoms with E-state index in [1.54, 1.807) is 32.0 Å². The van der Waals surface area contributed by atoms with E-state index >= 15 is 0 Å². The quantitative estimate of drug-likeness (QED) is 0.834. The summed E-state index contributed by atoms with van der Waals surface area (Å²) in [4.78, 5) is 12.2. The number of ether oxygens (including phenoxy) is 2. The fraction of sp³-hybridized carbons (Fsp3) is 0.462. The Balaban J connectivity index is 3.21. The van der Waals surface area contributed by atoms with Crippen molar-refractivity contribution in [1.29, 1.82) is 0 Å². The van der Waals surface area contributed by atoms with E-state index in [0.717, 1.165) is 10.6 Å². The Bertz CT molecular complexity index is 432. The first kappa shape index (κ1) is 14.7. The van der Waals surface area contributed by atoms with Crippen LogP contribution in [0.4, 0.5) is 5.69 Å². The summed E-state index contributed by atoms with van der Waals surface area (Å²) in [5.41, 5.74) is 0.749. The maximum Gasteiger partial charge on any atom is 0.221 e. The van der Waals surface area contributed by atoms with Gasteiger partial charge in [0.1, 0.15) is 0 Å². The summed E-state index contributed by atoms with van der Waals surface area (Å²) in [5.74, 6) is 1.16. The van der Waals surface area contributed by atoms with E-state index < -0.39 is 0 Å². The lowest BCUT2D eigenvalue weighted by molar-refractivity contribution is -0.114. The number of carbonyl (C=O) groups is 1. The number of benzene rings is 1. The van der Waals surface area contributed by atoms with Gasteiger partial charge in [0.05, 0.1) is 19.9 Å². The van der Waals surface area contributed by atoms with Gasteiger partial charge >= 0.3 is 0 Å². The van der Waals surface area contributed by atoms with Crippen LogP contribution >= 0.6 is 11.8 Å². The highest BCUT2D eigenvalue weighted by atomic mass is 32.2. The second kappa shape index (κ2) is 6.54. The van der Waals surface area contributed by atoms with E-state index in [1.807, 2.05) is 6.07 Å². The number of amides is 1. The zero-order chi connectivity index (χ0) is 13.7. The van der Waals surface area contributed by atoms with Crippen molar-refractivity contribution >= 4 is 23.4 Å². The zero-order valence-electron chi connectivity index (χ0n) is 11.4. The number of rotatable bonds is 5. The molecule has 0 saturated heterocycles. The number of hydrogen-bond acceptors (Lipinski definition) is 4. The van der Waals surface area contributed by atoms with Crippen LogP contribution < -0.4 is 14.8 Å². The molecule has 0 heterocycles. The Morgan fingerprint density at radius 3 is 2.22 bits per heavy atom. The van der Waals surface area contributed by atoms with Gasteiger partial charge in [0.25, 0.3) is 0 Å². The van der Waals surface area contributed by atoms with E-state index in [-0.39, 0.29) is 5.91 Å². The van der Waals surface area contributed by atoms with Gasteiger partial charge in [0.15, 0.2) is 11.5 Å². The summed E-state index contributed by atoms with van der Waals surface area (Å²) in [6.45, 7) is 5.68. The smallest absolute Gasteiger partial charge is 0.221 e. The minimum absolute atomic E-state index is 0.104. The molecule has 0 atom stereocenters. The molecule has 1 aromatic carbocycles. The molecule has 1 aromatic rings. The fourth-order valence-corrected chi connectivity index (χ4v) is 2.42. The number of carbonyl (C=O) groups excluding carboxylic acids is 1. The van der Waals surface area contributed by atoms with Gasteiger partial charge in [0, 0.05) is 23.1 Å². The summed E-state index contributed by atoms with van der Waals surface area (Å²) < 4.78 is 10.5. The first-order valence-electron chi connectivity index (χ1n) is 5.68. The Morgan fingerprint density at radius 2 is 1.78 bits per heavy atom. The number of anilines is 1. The third kappa shape index (κ3) is 3.84. The Morgan fingerprint density at radius 1 is 1.22 bits per heavy atom. The van der Waals surface area contributed by atoms with Crippen LogP contribution in [-0.2, 0) is 4.79 Å². The normalized spacial score (nSPS) is 10.3. The highest BCUT2D eigenvalue weighted by molar-refractivity contribution is 8.00. The Hall–Kier alpha value is -1.36. The van der Waals surface area contributed by atoms with Gasteiger partial charge in [-0.05, 0) is 6.07 Å². The predicted molar refractivity (Wildman–Crippen MR) is 74.8 cm³/mol. The second-order valence-corrected chi connectivity index (χ2v) is 5.67. The maximum atomic E-state index is 11.2.